The maximum atomic E-state index is 5.37. The molecule has 0 saturated heterocycles. The lowest BCUT2D eigenvalue weighted by atomic mass is 10.1. The summed E-state index contributed by atoms with van der Waals surface area (Å²) < 4.78 is 21.0. The lowest BCUT2D eigenvalue weighted by Gasteiger charge is -2.17. The smallest absolute Gasteiger partial charge is 0.164 e. The fourth-order valence-electron chi connectivity index (χ4n) is 1.82. The van der Waals surface area contributed by atoms with Crippen molar-refractivity contribution >= 4 is 0 Å². The van der Waals surface area contributed by atoms with Gasteiger partial charge in [-0.25, -0.2) is 0 Å². The van der Waals surface area contributed by atoms with Crippen LogP contribution in [-0.4, -0.2) is 41.1 Å². The van der Waals surface area contributed by atoms with Gasteiger partial charge in [-0.3, -0.25) is 0 Å². The minimum absolute atomic E-state index is 0.266. The Morgan fingerprint density at radius 3 is 2.05 bits per heavy atom. The molecule has 0 radical (unpaired) electrons. The summed E-state index contributed by atoms with van der Waals surface area (Å²) in [4.78, 5) is 0. The van der Waals surface area contributed by atoms with E-state index in [-0.39, 0.29) is 6.04 Å². The number of benzene rings is 1. The Morgan fingerprint density at radius 1 is 0.947 bits per heavy atom. The average Bonchev–Trinajstić information content (AvgIpc) is 2.44. The van der Waals surface area contributed by atoms with Gasteiger partial charge in [-0.2, -0.15) is 0 Å². The van der Waals surface area contributed by atoms with E-state index in [0.29, 0.717) is 24.7 Å². The van der Waals surface area contributed by atoms with E-state index in [2.05, 4.69) is 12.2 Å². The van der Waals surface area contributed by atoms with Crippen molar-refractivity contribution in [3.05, 3.63) is 17.7 Å². The van der Waals surface area contributed by atoms with E-state index in [9.17, 15) is 0 Å². The van der Waals surface area contributed by atoms with Crippen molar-refractivity contribution < 1.29 is 18.9 Å². The molecule has 0 heterocycles. The Labute approximate surface area is 114 Å². The van der Waals surface area contributed by atoms with Crippen LogP contribution in [-0.2, 0) is 11.3 Å². The molecule has 5 nitrogen and oxygen atoms in total. The highest BCUT2D eigenvalue weighted by Gasteiger charge is 2.12. The molecule has 0 aromatic heterocycles. The van der Waals surface area contributed by atoms with Gasteiger partial charge in [0.1, 0.15) is 5.75 Å². The summed E-state index contributed by atoms with van der Waals surface area (Å²) in [6.45, 7) is 3.40. The van der Waals surface area contributed by atoms with Crippen LogP contribution in [0.3, 0.4) is 0 Å². The van der Waals surface area contributed by atoms with Crippen LogP contribution in [0.25, 0.3) is 0 Å². The molecule has 0 aliphatic rings. The van der Waals surface area contributed by atoms with Crippen LogP contribution in [0.15, 0.2) is 12.1 Å². The Balaban J connectivity index is 2.86. The molecular formula is C14H23NO4. The standard InChI is InChI=1S/C14H23NO4/c1-10(9-16-2)15-8-11-6-13(18-4)14(19-5)7-12(11)17-3/h6-7,10,15H,8-9H2,1-5H3. The first-order valence-corrected chi connectivity index (χ1v) is 6.17. The van der Waals surface area contributed by atoms with E-state index in [0.717, 1.165) is 11.3 Å². The third-order valence-electron chi connectivity index (χ3n) is 2.84. The van der Waals surface area contributed by atoms with Crippen molar-refractivity contribution in [1.29, 1.82) is 0 Å². The predicted octanol–water partition coefficient (Wildman–Crippen LogP) is 1.84. The second-order valence-corrected chi connectivity index (χ2v) is 4.26. The molecule has 1 aromatic carbocycles. The monoisotopic (exact) mass is 269 g/mol. The third kappa shape index (κ3) is 4.29. The van der Waals surface area contributed by atoms with Gasteiger partial charge >= 0.3 is 0 Å². The van der Waals surface area contributed by atoms with Gasteiger partial charge in [0.05, 0.1) is 27.9 Å². The molecule has 1 unspecified atom stereocenters. The Bertz CT molecular complexity index is 395. The molecule has 1 rings (SSSR count). The Kier molecular flexibility index (Phi) is 6.45. The van der Waals surface area contributed by atoms with E-state index in [1.807, 2.05) is 12.1 Å². The van der Waals surface area contributed by atoms with Crippen LogP contribution >= 0.6 is 0 Å². The van der Waals surface area contributed by atoms with Gasteiger partial charge in [0.25, 0.3) is 0 Å². The van der Waals surface area contributed by atoms with E-state index < -0.39 is 0 Å². The third-order valence-corrected chi connectivity index (χ3v) is 2.84. The second-order valence-electron chi connectivity index (χ2n) is 4.26. The molecule has 0 fully saturated rings. The highest BCUT2D eigenvalue weighted by atomic mass is 16.5. The Hall–Kier alpha value is -1.46. The number of hydrogen-bond acceptors (Lipinski definition) is 5. The van der Waals surface area contributed by atoms with Crippen molar-refractivity contribution in [3.63, 3.8) is 0 Å². The number of ether oxygens (including phenoxy) is 4. The summed E-state index contributed by atoms with van der Waals surface area (Å²) >= 11 is 0. The summed E-state index contributed by atoms with van der Waals surface area (Å²) in [5.74, 6) is 2.13. The second kappa shape index (κ2) is 7.86. The predicted molar refractivity (Wildman–Crippen MR) is 74.3 cm³/mol. The van der Waals surface area contributed by atoms with Crippen molar-refractivity contribution in [3.8, 4) is 17.2 Å². The number of hydrogen-bond donors (Lipinski definition) is 1. The molecule has 1 atom stereocenters. The van der Waals surface area contributed by atoms with Crippen LogP contribution in [0.2, 0.25) is 0 Å². The van der Waals surface area contributed by atoms with Gasteiger partial charge in [-0.15, -0.1) is 0 Å². The zero-order valence-corrected chi connectivity index (χ0v) is 12.3. The van der Waals surface area contributed by atoms with Crippen LogP contribution in [0, 0.1) is 0 Å². The topological polar surface area (TPSA) is 49.0 Å². The quantitative estimate of drug-likeness (QED) is 0.780. The average molecular weight is 269 g/mol. The van der Waals surface area contributed by atoms with Crippen molar-refractivity contribution in [2.75, 3.05) is 35.0 Å². The van der Waals surface area contributed by atoms with Gasteiger partial charge in [-0.05, 0) is 13.0 Å². The summed E-state index contributed by atoms with van der Waals surface area (Å²) in [6, 6.07) is 4.02. The fourth-order valence-corrected chi connectivity index (χ4v) is 1.82. The van der Waals surface area contributed by atoms with E-state index in [1.165, 1.54) is 0 Å². The zero-order valence-electron chi connectivity index (χ0n) is 12.3. The minimum Gasteiger partial charge on any atom is -0.496 e. The number of rotatable bonds is 8. The van der Waals surface area contributed by atoms with E-state index >= 15 is 0 Å². The molecule has 0 bridgehead atoms. The molecular weight excluding hydrogens is 246 g/mol. The first kappa shape index (κ1) is 15.6. The fraction of sp³-hybridized carbons (Fsp3) is 0.571. The highest BCUT2D eigenvalue weighted by molar-refractivity contribution is 5.50. The molecule has 1 aromatic rings. The SMILES string of the molecule is COCC(C)NCc1cc(OC)c(OC)cc1OC. The molecule has 5 heteroatoms. The van der Waals surface area contributed by atoms with Crippen LogP contribution in [0.5, 0.6) is 17.2 Å². The maximum Gasteiger partial charge on any atom is 0.164 e. The molecule has 19 heavy (non-hydrogen) atoms. The summed E-state index contributed by atoms with van der Waals surface area (Å²) in [7, 11) is 6.56. The van der Waals surface area contributed by atoms with Crippen LogP contribution < -0.4 is 19.5 Å². The van der Waals surface area contributed by atoms with Gasteiger partial charge in [-0.1, -0.05) is 0 Å². The van der Waals surface area contributed by atoms with E-state index in [1.54, 1.807) is 28.4 Å². The van der Waals surface area contributed by atoms with Crippen LogP contribution in [0.1, 0.15) is 12.5 Å². The zero-order chi connectivity index (χ0) is 14.3. The van der Waals surface area contributed by atoms with Gasteiger partial charge in [0, 0.05) is 31.3 Å². The number of nitrogens with one attached hydrogen (secondary N) is 1. The van der Waals surface area contributed by atoms with Crippen molar-refractivity contribution in [2.45, 2.75) is 19.5 Å². The lowest BCUT2D eigenvalue weighted by Crippen LogP contribution is -2.29. The molecule has 0 amide bonds. The largest absolute Gasteiger partial charge is 0.496 e. The molecule has 0 aliphatic carbocycles. The first-order chi connectivity index (χ1) is 9.15. The first-order valence-electron chi connectivity index (χ1n) is 6.17. The minimum atomic E-state index is 0.266. The number of methoxy groups -OCH3 is 4. The van der Waals surface area contributed by atoms with Crippen molar-refractivity contribution in [1.82, 2.24) is 5.32 Å². The lowest BCUT2D eigenvalue weighted by molar-refractivity contribution is 0.171. The summed E-state index contributed by atoms with van der Waals surface area (Å²) in [5, 5.41) is 3.36. The van der Waals surface area contributed by atoms with E-state index in [4.69, 9.17) is 18.9 Å². The van der Waals surface area contributed by atoms with Gasteiger partial charge in [0.2, 0.25) is 0 Å². The Morgan fingerprint density at radius 2 is 1.53 bits per heavy atom. The molecule has 108 valence electrons. The summed E-state index contributed by atoms with van der Waals surface area (Å²) in [5.41, 5.74) is 1.02. The normalized spacial score (nSPS) is 12.1. The maximum absolute atomic E-state index is 5.37. The van der Waals surface area contributed by atoms with Crippen molar-refractivity contribution in [2.24, 2.45) is 0 Å². The van der Waals surface area contributed by atoms with Crippen LogP contribution in [0.4, 0.5) is 0 Å². The molecule has 0 aliphatic heterocycles. The molecule has 1 N–H and O–H groups in total. The van der Waals surface area contributed by atoms with Gasteiger partial charge in [0.15, 0.2) is 11.5 Å². The molecule has 0 spiro atoms. The van der Waals surface area contributed by atoms with Gasteiger partial charge < -0.3 is 24.3 Å². The molecule has 0 saturated carbocycles. The highest BCUT2D eigenvalue weighted by Crippen LogP contribution is 2.34. The summed E-state index contributed by atoms with van der Waals surface area (Å²) in [6.07, 6.45) is 0.